The van der Waals surface area contributed by atoms with Gasteiger partial charge in [0.1, 0.15) is 4.99 Å². The molecule has 1 saturated heterocycles. The number of hydrogen-bond donors (Lipinski definition) is 2. The van der Waals surface area contributed by atoms with Gasteiger partial charge in [-0.05, 0) is 24.2 Å². The third-order valence-corrected chi connectivity index (χ3v) is 2.75. The van der Waals surface area contributed by atoms with Crippen molar-refractivity contribution in [2.45, 2.75) is 12.5 Å². The van der Waals surface area contributed by atoms with Crippen molar-refractivity contribution < 1.29 is 0 Å². The second-order valence-corrected chi connectivity index (χ2v) is 4.05. The van der Waals surface area contributed by atoms with E-state index in [2.05, 4.69) is 22.8 Å². The molecule has 1 fully saturated rings. The molecule has 1 aliphatic heterocycles. The molecule has 0 aliphatic carbocycles. The smallest absolute Gasteiger partial charge is 0.171 e. The zero-order chi connectivity index (χ0) is 9.97. The first-order valence-corrected chi connectivity index (χ1v) is 5.22. The largest absolute Gasteiger partial charge is 0.353 e. The second-order valence-electron chi connectivity index (χ2n) is 3.21. The molecular weight excluding hydrogens is 212 g/mol. The SMILES string of the molecule is S=C1NC(=S)C(Cc2ccccc2)N1. The van der Waals surface area contributed by atoms with Gasteiger partial charge >= 0.3 is 0 Å². The van der Waals surface area contributed by atoms with Crippen molar-refractivity contribution >= 4 is 34.5 Å². The van der Waals surface area contributed by atoms with E-state index in [1.807, 2.05) is 18.2 Å². The van der Waals surface area contributed by atoms with Crippen LogP contribution < -0.4 is 10.6 Å². The number of benzene rings is 1. The van der Waals surface area contributed by atoms with E-state index in [4.69, 9.17) is 24.4 Å². The van der Waals surface area contributed by atoms with Gasteiger partial charge in [-0.1, -0.05) is 42.5 Å². The van der Waals surface area contributed by atoms with Crippen LogP contribution in [0.5, 0.6) is 0 Å². The highest BCUT2D eigenvalue weighted by molar-refractivity contribution is 7.82. The summed E-state index contributed by atoms with van der Waals surface area (Å²) in [5, 5.41) is 6.71. The lowest BCUT2D eigenvalue weighted by molar-refractivity contribution is 0.794. The second kappa shape index (κ2) is 4.02. The van der Waals surface area contributed by atoms with E-state index in [1.54, 1.807) is 0 Å². The molecule has 2 nitrogen and oxygen atoms in total. The summed E-state index contributed by atoms with van der Waals surface area (Å²) in [5.41, 5.74) is 1.26. The first kappa shape index (κ1) is 9.55. The average Bonchev–Trinajstić information content (AvgIpc) is 2.47. The van der Waals surface area contributed by atoms with Gasteiger partial charge in [-0.2, -0.15) is 0 Å². The third-order valence-electron chi connectivity index (χ3n) is 2.14. The summed E-state index contributed by atoms with van der Waals surface area (Å²) in [4.78, 5) is 0.791. The summed E-state index contributed by atoms with van der Waals surface area (Å²) < 4.78 is 0. The fourth-order valence-electron chi connectivity index (χ4n) is 1.45. The Labute approximate surface area is 93.7 Å². The van der Waals surface area contributed by atoms with E-state index in [0.29, 0.717) is 5.11 Å². The topological polar surface area (TPSA) is 24.1 Å². The van der Waals surface area contributed by atoms with Gasteiger partial charge in [0, 0.05) is 0 Å². The molecule has 0 aromatic heterocycles. The zero-order valence-corrected chi connectivity index (χ0v) is 9.12. The molecule has 72 valence electrons. The number of rotatable bonds is 2. The van der Waals surface area contributed by atoms with Crippen LogP contribution in [0.3, 0.4) is 0 Å². The lowest BCUT2D eigenvalue weighted by Gasteiger charge is -2.08. The van der Waals surface area contributed by atoms with E-state index in [0.717, 1.165) is 11.4 Å². The van der Waals surface area contributed by atoms with Gasteiger partial charge in [0.05, 0.1) is 6.04 Å². The molecule has 0 spiro atoms. The fraction of sp³-hybridized carbons (Fsp3) is 0.200. The van der Waals surface area contributed by atoms with Crippen LogP contribution in [-0.4, -0.2) is 16.1 Å². The van der Waals surface area contributed by atoms with Crippen molar-refractivity contribution in [2.24, 2.45) is 0 Å². The predicted octanol–water partition coefficient (Wildman–Crippen LogP) is 1.40. The summed E-state index contributed by atoms with van der Waals surface area (Å²) in [6.07, 6.45) is 0.882. The minimum atomic E-state index is 0.153. The highest BCUT2D eigenvalue weighted by Crippen LogP contribution is 2.06. The molecule has 1 unspecified atom stereocenters. The number of thiocarbonyl (C=S) groups is 2. The van der Waals surface area contributed by atoms with Crippen molar-refractivity contribution in [2.75, 3.05) is 0 Å². The Morgan fingerprint density at radius 1 is 1.14 bits per heavy atom. The molecule has 1 aromatic rings. The Balaban J connectivity index is 2.05. The van der Waals surface area contributed by atoms with Crippen LogP contribution in [0.4, 0.5) is 0 Å². The van der Waals surface area contributed by atoms with Crippen molar-refractivity contribution in [1.29, 1.82) is 0 Å². The summed E-state index contributed by atoms with van der Waals surface area (Å²) in [5.74, 6) is 0. The summed E-state index contributed by atoms with van der Waals surface area (Å²) in [7, 11) is 0. The van der Waals surface area contributed by atoms with Crippen LogP contribution >= 0.6 is 24.4 Å². The van der Waals surface area contributed by atoms with E-state index in [-0.39, 0.29) is 6.04 Å². The summed E-state index contributed by atoms with van der Waals surface area (Å²) in [6, 6.07) is 10.4. The maximum atomic E-state index is 5.16. The third kappa shape index (κ3) is 2.08. The molecule has 1 heterocycles. The van der Waals surface area contributed by atoms with Gasteiger partial charge in [-0.3, -0.25) is 0 Å². The van der Waals surface area contributed by atoms with Crippen LogP contribution in [-0.2, 0) is 6.42 Å². The summed E-state index contributed by atoms with van der Waals surface area (Å²) in [6.45, 7) is 0. The van der Waals surface area contributed by atoms with Gasteiger partial charge in [0.25, 0.3) is 0 Å². The van der Waals surface area contributed by atoms with E-state index >= 15 is 0 Å². The Kier molecular flexibility index (Phi) is 2.74. The maximum Gasteiger partial charge on any atom is 0.171 e. The predicted molar refractivity (Wildman–Crippen MR) is 65.4 cm³/mol. The Morgan fingerprint density at radius 3 is 2.43 bits per heavy atom. The van der Waals surface area contributed by atoms with Crippen molar-refractivity contribution in [3.8, 4) is 0 Å². The van der Waals surface area contributed by atoms with E-state index in [1.165, 1.54) is 5.56 Å². The monoisotopic (exact) mass is 222 g/mol. The fourth-order valence-corrected chi connectivity index (χ4v) is 2.01. The van der Waals surface area contributed by atoms with Gasteiger partial charge < -0.3 is 10.6 Å². The molecule has 4 heteroatoms. The molecule has 0 amide bonds. The zero-order valence-electron chi connectivity index (χ0n) is 7.49. The molecule has 2 N–H and O–H groups in total. The number of hydrogen-bond acceptors (Lipinski definition) is 2. The molecule has 0 radical (unpaired) electrons. The van der Waals surface area contributed by atoms with Crippen molar-refractivity contribution in [1.82, 2.24) is 10.6 Å². The standard InChI is InChI=1S/C10H10N2S2/c13-9-8(11-10(14)12-9)6-7-4-2-1-3-5-7/h1-5,8H,6H2,(H2,11,12,13,14). The molecule has 1 atom stereocenters. The summed E-state index contributed by atoms with van der Waals surface area (Å²) >= 11 is 10.1. The quantitative estimate of drug-likeness (QED) is 0.739. The molecule has 14 heavy (non-hydrogen) atoms. The Bertz CT molecular complexity index is 362. The van der Waals surface area contributed by atoms with Crippen LogP contribution in [0.25, 0.3) is 0 Å². The van der Waals surface area contributed by atoms with E-state index < -0.39 is 0 Å². The molecule has 0 saturated carbocycles. The van der Waals surface area contributed by atoms with Gasteiger partial charge in [0.15, 0.2) is 5.11 Å². The maximum absolute atomic E-state index is 5.16. The Morgan fingerprint density at radius 2 is 1.86 bits per heavy atom. The molecule has 1 aliphatic rings. The molecule has 2 rings (SSSR count). The first-order valence-electron chi connectivity index (χ1n) is 4.41. The molecular formula is C10H10N2S2. The van der Waals surface area contributed by atoms with Crippen LogP contribution in [0.2, 0.25) is 0 Å². The first-order chi connectivity index (χ1) is 6.75. The van der Waals surface area contributed by atoms with Crippen molar-refractivity contribution in [3.63, 3.8) is 0 Å². The highest BCUT2D eigenvalue weighted by Gasteiger charge is 2.23. The lowest BCUT2D eigenvalue weighted by atomic mass is 10.1. The van der Waals surface area contributed by atoms with Crippen LogP contribution in [0.1, 0.15) is 5.56 Å². The minimum absolute atomic E-state index is 0.153. The number of nitrogens with one attached hydrogen (secondary N) is 2. The van der Waals surface area contributed by atoms with Crippen LogP contribution in [0, 0.1) is 0 Å². The van der Waals surface area contributed by atoms with Gasteiger partial charge in [0.2, 0.25) is 0 Å². The average molecular weight is 222 g/mol. The molecule has 0 bridgehead atoms. The van der Waals surface area contributed by atoms with Crippen LogP contribution in [0.15, 0.2) is 30.3 Å². The van der Waals surface area contributed by atoms with E-state index in [9.17, 15) is 0 Å². The van der Waals surface area contributed by atoms with Crippen molar-refractivity contribution in [3.05, 3.63) is 35.9 Å². The molecule has 1 aromatic carbocycles. The lowest BCUT2D eigenvalue weighted by Crippen LogP contribution is -2.30. The normalized spacial score (nSPS) is 20.4. The minimum Gasteiger partial charge on any atom is -0.353 e. The van der Waals surface area contributed by atoms with Gasteiger partial charge in [-0.15, -0.1) is 0 Å². The van der Waals surface area contributed by atoms with Gasteiger partial charge in [-0.25, -0.2) is 0 Å². The Hall–Kier alpha value is -1.00. The highest BCUT2D eigenvalue weighted by atomic mass is 32.1.